The lowest BCUT2D eigenvalue weighted by molar-refractivity contribution is 0.650. The number of anilines is 5. The number of hydrogen-bond acceptors (Lipinski definition) is 4. The first-order valence-corrected chi connectivity index (χ1v) is 20.3. The maximum atomic E-state index is 7.30. The molecule has 0 N–H and O–H groups in total. The number of rotatable bonds is 4. The van der Waals surface area contributed by atoms with Gasteiger partial charge in [-0.15, -0.1) is 0 Å². The average Bonchev–Trinajstić information content (AvgIpc) is 3.81. The van der Waals surface area contributed by atoms with E-state index in [9.17, 15) is 0 Å². The molecule has 0 saturated heterocycles. The van der Waals surface area contributed by atoms with E-state index in [0.717, 1.165) is 40.1 Å². The third-order valence-electron chi connectivity index (χ3n) is 12.0. The molecule has 0 fully saturated rings. The molecule has 12 rings (SSSR count). The average molecular weight is 735 g/mol. The van der Waals surface area contributed by atoms with Crippen LogP contribution < -0.4 is 20.9 Å². The highest BCUT2D eigenvalue weighted by atomic mass is 32.2. The van der Waals surface area contributed by atoms with E-state index in [1.165, 1.54) is 70.9 Å². The van der Waals surface area contributed by atoms with Crippen molar-refractivity contribution >= 4 is 90.3 Å². The summed E-state index contributed by atoms with van der Waals surface area (Å²) in [5.74, 6) is 0.215. The van der Waals surface area contributed by atoms with Gasteiger partial charge in [-0.25, -0.2) is 0 Å². The Labute approximate surface area is 331 Å². The molecule has 5 heteroatoms. The molecule has 1 aliphatic carbocycles. The Morgan fingerprint density at radius 3 is 1.88 bits per heavy atom. The van der Waals surface area contributed by atoms with Crippen molar-refractivity contribution in [3.05, 3.63) is 209 Å². The van der Waals surface area contributed by atoms with Gasteiger partial charge in [0.15, 0.2) is 0 Å². The van der Waals surface area contributed by atoms with Crippen molar-refractivity contribution in [1.29, 1.82) is 0 Å². The van der Waals surface area contributed by atoms with Gasteiger partial charge >= 0.3 is 0 Å². The quantitative estimate of drug-likeness (QED) is 0.168. The maximum absolute atomic E-state index is 7.30. The number of hydrogen-bond donors (Lipinski definition) is 0. The number of nitrogens with zero attached hydrogens (tertiary/aromatic N) is 2. The summed E-state index contributed by atoms with van der Waals surface area (Å²) in [7, 11) is 0. The van der Waals surface area contributed by atoms with Crippen LogP contribution in [0.5, 0.6) is 0 Å². The Balaban J connectivity index is 1.16. The Morgan fingerprint density at radius 2 is 1.20 bits per heavy atom. The zero-order chi connectivity index (χ0) is 36.9. The monoisotopic (exact) mass is 734 g/mol. The highest BCUT2D eigenvalue weighted by Gasteiger charge is 2.50. The molecular formula is C51H35BN2OS. The fourth-order valence-corrected chi connectivity index (χ4v) is 11.1. The number of para-hydroxylation sites is 2. The van der Waals surface area contributed by atoms with Crippen molar-refractivity contribution in [3.63, 3.8) is 0 Å². The summed E-state index contributed by atoms with van der Waals surface area (Å²) in [4.78, 5) is 7.76. The molecule has 1 aromatic heterocycles. The Kier molecular flexibility index (Phi) is 7.00. The van der Waals surface area contributed by atoms with Crippen LogP contribution in [0.2, 0.25) is 0 Å². The van der Waals surface area contributed by atoms with E-state index < -0.39 is 0 Å². The van der Waals surface area contributed by atoms with Crippen molar-refractivity contribution < 1.29 is 4.42 Å². The summed E-state index contributed by atoms with van der Waals surface area (Å²) in [5.41, 5.74) is 17.0. The molecule has 0 radical (unpaired) electrons. The first-order chi connectivity index (χ1) is 27.7. The molecule has 0 amide bonds. The third kappa shape index (κ3) is 4.68. The molecule has 0 bridgehead atoms. The fraction of sp³-hybridized carbons (Fsp3) is 0.0588. The second kappa shape index (κ2) is 12.3. The highest BCUT2D eigenvalue weighted by molar-refractivity contribution is 8.12. The van der Waals surface area contributed by atoms with E-state index in [2.05, 4.69) is 193 Å². The summed E-state index contributed by atoms with van der Waals surface area (Å²) in [6.45, 7) is 2.17. The zero-order valence-electron chi connectivity index (χ0n) is 30.8. The number of thioether (sulfide) groups is 1. The van der Waals surface area contributed by atoms with Gasteiger partial charge in [-0.3, -0.25) is 0 Å². The molecule has 0 spiro atoms. The van der Waals surface area contributed by atoms with Gasteiger partial charge in [0.1, 0.15) is 5.58 Å². The Bertz CT molecular complexity index is 2990. The van der Waals surface area contributed by atoms with Crippen LogP contribution in [-0.2, 0) is 0 Å². The molecule has 4 aliphatic rings. The number of fused-ring (bicyclic) bond motifs is 7. The summed E-state index contributed by atoms with van der Waals surface area (Å²) in [5, 5.41) is 3.54. The van der Waals surface area contributed by atoms with Gasteiger partial charge in [-0.2, -0.15) is 0 Å². The molecule has 0 saturated carbocycles. The fourth-order valence-electron chi connectivity index (χ4n) is 9.71. The molecule has 7 aromatic carbocycles. The zero-order valence-corrected chi connectivity index (χ0v) is 31.6. The van der Waals surface area contributed by atoms with Crippen molar-refractivity contribution in [2.75, 3.05) is 9.80 Å². The molecular weight excluding hydrogens is 699 g/mol. The van der Waals surface area contributed by atoms with Crippen LogP contribution in [0.3, 0.4) is 0 Å². The molecule has 1 unspecified atom stereocenters. The molecule has 3 aliphatic heterocycles. The van der Waals surface area contributed by atoms with Crippen molar-refractivity contribution in [1.82, 2.24) is 0 Å². The smallest absolute Gasteiger partial charge is 0.293 e. The predicted octanol–water partition coefficient (Wildman–Crippen LogP) is 12.5. The molecule has 4 heterocycles. The summed E-state index contributed by atoms with van der Waals surface area (Å²) in [6, 6.07) is 61.8. The van der Waals surface area contributed by atoms with E-state index in [1.807, 2.05) is 11.8 Å². The second-order valence-corrected chi connectivity index (χ2v) is 16.4. The minimum Gasteiger partial charge on any atom is -0.468 e. The van der Waals surface area contributed by atoms with Crippen LogP contribution in [0.1, 0.15) is 23.1 Å². The van der Waals surface area contributed by atoms with Crippen molar-refractivity contribution in [2.24, 2.45) is 5.92 Å². The molecule has 1 atom stereocenters. The standard InChI is InChI=1S/C51H35BN2OS/c1-32-26-43-48-44(27-32)54(38-24-12-5-13-25-38)49-39-28-35-20-14-15-21-36(35)29-45(39)55-51(49)52(48)41-30-40-46(31-42(41)53(43)37-22-10-4-11-23-37)56-50(34-18-8-3-9-19-34)47(40)33-16-6-2-7-17-33/h2-29,31,40H,30H2,1H3. The van der Waals surface area contributed by atoms with Crippen LogP contribution >= 0.6 is 11.8 Å². The van der Waals surface area contributed by atoms with Gasteiger partial charge in [-0.1, -0.05) is 139 Å². The molecule has 264 valence electrons. The lowest BCUT2D eigenvalue weighted by Crippen LogP contribution is -2.56. The van der Waals surface area contributed by atoms with Crippen LogP contribution in [0, 0.1) is 12.8 Å². The third-order valence-corrected chi connectivity index (χ3v) is 13.3. The van der Waals surface area contributed by atoms with Gasteiger partial charge in [0.05, 0.1) is 11.3 Å². The van der Waals surface area contributed by atoms with Gasteiger partial charge in [0.25, 0.3) is 6.71 Å². The molecule has 56 heavy (non-hydrogen) atoms. The normalized spacial score (nSPS) is 16.9. The van der Waals surface area contributed by atoms with Gasteiger partial charge in [0.2, 0.25) is 0 Å². The summed E-state index contributed by atoms with van der Waals surface area (Å²) >= 11 is 1.95. The van der Waals surface area contributed by atoms with Gasteiger partial charge < -0.3 is 14.2 Å². The number of aryl methyl sites for hydroxylation is 1. The van der Waals surface area contributed by atoms with Crippen molar-refractivity contribution in [2.45, 2.75) is 13.3 Å². The lowest BCUT2D eigenvalue weighted by atomic mass is 9.33. The first kappa shape index (κ1) is 31.9. The maximum Gasteiger partial charge on any atom is 0.293 e. The van der Waals surface area contributed by atoms with E-state index >= 15 is 0 Å². The van der Waals surface area contributed by atoms with Crippen molar-refractivity contribution in [3.8, 4) is 0 Å². The first-order valence-electron chi connectivity index (χ1n) is 19.5. The van der Waals surface area contributed by atoms with E-state index in [1.54, 1.807) is 0 Å². The summed E-state index contributed by atoms with van der Waals surface area (Å²) in [6.07, 6.45) is 3.41. The van der Waals surface area contributed by atoms with Gasteiger partial charge in [-0.05, 0) is 111 Å². The summed E-state index contributed by atoms with van der Waals surface area (Å²) < 4.78 is 7.30. The van der Waals surface area contributed by atoms with Crippen LogP contribution in [0.15, 0.2) is 196 Å². The minimum atomic E-state index is -0.0679. The Morgan fingerprint density at radius 1 is 0.625 bits per heavy atom. The molecule has 3 nitrogen and oxygen atoms in total. The van der Waals surface area contributed by atoms with Gasteiger partial charge in [0, 0.05) is 44.7 Å². The van der Waals surface area contributed by atoms with E-state index in [-0.39, 0.29) is 12.6 Å². The number of benzene rings is 7. The Hall–Kier alpha value is -6.43. The lowest BCUT2D eigenvalue weighted by Gasteiger charge is -2.45. The number of furan rings is 1. The van der Waals surface area contributed by atoms with E-state index in [0.29, 0.717) is 0 Å². The van der Waals surface area contributed by atoms with Crippen LogP contribution in [0.25, 0.3) is 32.2 Å². The predicted molar refractivity (Wildman–Crippen MR) is 237 cm³/mol. The van der Waals surface area contributed by atoms with E-state index in [4.69, 9.17) is 4.42 Å². The minimum absolute atomic E-state index is 0.0679. The van der Waals surface area contributed by atoms with Crippen LogP contribution in [-0.4, -0.2) is 6.71 Å². The molecule has 8 aromatic rings. The number of allylic oxidation sites excluding steroid dienone is 4. The SMILES string of the molecule is Cc1cc2c3c(c1)N(c1ccccc1)c1c(oc4cc5ccccc5cc14)B3C1=C(C=C3SC(c4ccccc4)=C(c4ccccc4)C3C1)N2c1ccccc1. The highest BCUT2D eigenvalue weighted by Crippen LogP contribution is 2.60. The second-order valence-electron chi connectivity index (χ2n) is 15.3. The van der Waals surface area contributed by atoms with Crippen LogP contribution in [0.4, 0.5) is 28.4 Å². The largest absolute Gasteiger partial charge is 0.468 e. The topological polar surface area (TPSA) is 19.6 Å².